The minimum absolute atomic E-state index is 1.08. The largest absolute Gasteiger partial charge is 0.264 e. The lowest BCUT2D eigenvalue weighted by atomic mass is 9.91. The first-order chi connectivity index (χ1) is 10.8. The molecule has 0 amide bonds. The number of benzene rings is 2. The second kappa shape index (κ2) is 6.71. The summed E-state index contributed by atoms with van der Waals surface area (Å²) in [5.74, 6) is 0. The van der Waals surface area contributed by atoms with Crippen LogP contribution < -0.4 is 0 Å². The molecule has 0 N–H and O–H groups in total. The summed E-state index contributed by atoms with van der Waals surface area (Å²) in [6, 6.07) is 23.0. The summed E-state index contributed by atoms with van der Waals surface area (Å²) in [5, 5.41) is 0. The van der Waals surface area contributed by atoms with Gasteiger partial charge < -0.3 is 0 Å². The maximum atomic E-state index is 4.25. The van der Waals surface area contributed by atoms with Crippen molar-refractivity contribution in [3.05, 3.63) is 100 Å². The molecule has 0 unspecified atom stereocenters. The third-order valence-electron chi connectivity index (χ3n) is 3.65. The Bertz CT molecular complexity index is 792. The summed E-state index contributed by atoms with van der Waals surface area (Å²) in [7, 11) is 0. The quantitative estimate of drug-likeness (QED) is 0.580. The van der Waals surface area contributed by atoms with Crippen LogP contribution in [0.4, 0.5) is 0 Å². The zero-order valence-electron chi connectivity index (χ0n) is 12.3. The van der Waals surface area contributed by atoms with E-state index in [2.05, 4.69) is 76.4 Å². The average molecular weight is 350 g/mol. The van der Waals surface area contributed by atoms with E-state index in [1.54, 1.807) is 6.20 Å². The molecule has 1 nitrogen and oxygen atoms in total. The van der Waals surface area contributed by atoms with E-state index in [1.165, 1.54) is 22.3 Å². The summed E-state index contributed by atoms with van der Waals surface area (Å²) in [4.78, 5) is 4.25. The Labute approximate surface area is 139 Å². The average Bonchev–Trinajstić information content (AvgIpc) is 2.57. The highest BCUT2D eigenvalue weighted by atomic mass is 79.9. The van der Waals surface area contributed by atoms with Crippen molar-refractivity contribution in [3.8, 4) is 0 Å². The van der Waals surface area contributed by atoms with Gasteiger partial charge >= 0.3 is 0 Å². The normalized spacial score (nSPS) is 11.9. The number of allylic oxidation sites excluding steroid dienone is 1. The number of aromatic nitrogens is 1. The zero-order chi connectivity index (χ0) is 15.4. The van der Waals surface area contributed by atoms with E-state index in [9.17, 15) is 0 Å². The molecule has 0 bridgehead atoms. The van der Waals surface area contributed by atoms with Gasteiger partial charge in [0, 0.05) is 16.9 Å². The molecule has 0 fully saturated rings. The van der Waals surface area contributed by atoms with Crippen LogP contribution in [0.3, 0.4) is 0 Å². The van der Waals surface area contributed by atoms with Crippen LogP contribution in [-0.4, -0.2) is 4.98 Å². The molecule has 0 saturated heterocycles. The number of rotatable bonds is 3. The highest BCUT2D eigenvalue weighted by Crippen LogP contribution is 2.32. The topological polar surface area (TPSA) is 12.9 Å². The van der Waals surface area contributed by atoms with Crippen molar-refractivity contribution in [2.75, 3.05) is 0 Å². The van der Waals surface area contributed by atoms with Gasteiger partial charge in [-0.25, -0.2) is 0 Å². The van der Waals surface area contributed by atoms with E-state index in [0.29, 0.717) is 0 Å². The van der Waals surface area contributed by atoms with E-state index in [4.69, 9.17) is 0 Å². The maximum absolute atomic E-state index is 4.25. The summed E-state index contributed by atoms with van der Waals surface area (Å²) >= 11 is 3.57. The van der Waals surface area contributed by atoms with Crippen LogP contribution in [0.2, 0.25) is 0 Å². The molecule has 0 aliphatic carbocycles. The van der Waals surface area contributed by atoms with Gasteiger partial charge in [0.05, 0.1) is 0 Å². The van der Waals surface area contributed by atoms with Gasteiger partial charge in [0.15, 0.2) is 0 Å². The Morgan fingerprint density at radius 1 is 0.818 bits per heavy atom. The highest BCUT2D eigenvalue weighted by molar-refractivity contribution is 9.10. The van der Waals surface area contributed by atoms with E-state index < -0.39 is 0 Å². The van der Waals surface area contributed by atoms with E-state index >= 15 is 0 Å². The first kappa shape index (κ1) is 14.7. The molecule has 1 aromatic heterocycles. The van der Waals surface area contributed by atoms with Crippen LogP contribution in [0.5, 0.6) is 0 Å². The molecule has 0 aliphatic heterocycles. The van der Waals surface area contributed by atoms with Gasteiger partial charge in [-0.05, 0) is 53.0 Å². The Morgan fingerprint density at radius 3 is 2.23 bits per heavy atom. The Kier molecular flexibility index (Phi) is 4.50. The van der Waals surface area contributed by atoms with Crippen molar-refractivity contribution in [3.63, 3.8) is 0 Å². The van der Waals surface area contributed by atoms with Crippen LogP contribution in [0.15, 0.2) is 83.6 Å². The molecule has 1 heterocycles. The minimum Gasteiger partial charge on any atom is -0.264 e. The van der Waals surface area contributed by atoms with Crippen LogP contribution in [0.25, 0.3) is 11.1 Å². The number of nitrogens with zero attached hydrogens (tertiary/aromatic N) is 1. The first-order valence-corrected chi connectivity index (χ1v) is 7.97. The number of halogens is 1. The van der Waals surface area contributed by atoms with Crippen LogP contribution in [0.1, 0.15) is 23.6 Å². The predicted molar refractivity (Wildman–Crippen MR) is 96.4 cm³/mol. The summed E-state index contributed by atoms with van der Waals surface area (Å²) in [5.41, 5.74) is 6.00. The van der Waals surface area contributed by atoms with Crippen molar-refractivity contribution in [1.82, 2.24) is 4.98 Å². The standard InChI is InChI=1S/C20H16BrN/c1-15(18-10-6-12-22-14-18)20(16-7-3-2-4-8-16)17-9-5-11-19(21)13-17/h2-14H,1H3. The van der Waals surface area contributed by atoms with Gasteiger partial charge in [-0.15, -0.1) is 0 Å². The smallest absolute Gasteiger partial charge is 0.0343 e. The van der Waals surface area contributed by atoms with E-state index in [-0.39, 0.29) is 0 Å². The zero-order valence-corrected chi connectivity index (χ0v) is 13.9. The molecule has 0 aliphatic rings. The lowest BCUT2D eigenvalue weighted by Crippen LogP contribution is -1.93. The molecular weight excluding hydrogens is 334 g/mol. The SMILES string of the molecule is CC(=C(c1ccccc1)c1cccc(Br)c1)c1cccnc1. The first-order valence-electron chi connectivity index (χ1n) is 7.18. The predicted octanol–water partition coefficient (Wildman–Crippen LogP) is 5.82. The molecule has 2 heteroatoms. The Balaban J connectivity index is 2.24. The van der Waals surface area contributed by atoms with Gasteiger partial charge in [-0.2, -0.15) is 0 Å². The third kappa shape index (κ3) is 3.18. The minimum atomic E-state index is 1.08. The molecular formula is C20H16BrN. The Morgan fingerprint density at radius 2 is 1.55 bits per heavy atom. The number of hydrogen-bond donors (Lipinski definition) is 0. The summed E-state index contributed by atoms with van der Waals surface area (Å²) in [6.45, 7) is 2.15. The van der Waals surface area contributed by atoms with Crippen LogP contribution in [-0.2, 0) is 0 Å². The van der Waals surface area contributed by atoms with Crippen molar-refractivity contribution in [1.29, 1.82) is 0 Å². The molecule has 108 valence electrons. The van der Waals surface area contributed by atoms with Crippen LogP contribution >= 0.6 is 15.9 Å². The molecule has 0 radical (unpaired) electrons. The maximum Gasteiger partial charge on any atom is 0.0343 e. The fourth-order valence-corrected chi connectivity index (χ4v) is 2.98. The fraction of sp³-hybridized carbons (Fsp3) is 0.0500. The molecule has 0 spiro atoms. The van der Waals surface area contributed by atoms with Crippen molar-refractivity contribution in [2.45, 2.75) is 6.92 Å². The van der Waals surface area contributed by atoms with Gasteiger partial charge in [-0.3, -0.25) is 4.98 Å². The third-order valence-corrected chi connectivity index (χ3v) is 4.14. The van der Waals surface area contributed by atoms with Crippen molar-refractivity contribution < 1.29 is 0 Å². The highest BCUT2D eigenvalue weighted by Gasteiger charge is 2.10. The van der Waals surface area contributed by atoms with Crippen molar-refractivity contribution in [2.24, 2.45) is 0 Å². The van der Waals surface area contributed by atoms with E-state index in [0.717, 1.165) is 10.0 Å². The lowest BCUT2D eigenvalue weighted by Gasteiger charge is -2.14. The molecule has 2 aromatic carbocycles. The molecule has 0 saturated carbocycles. The number of pyridine rings is 1. The molecule has 0 atom stereocenters. The number of hydrogen-bond acceptors (Lipinski definition) is 1. The van der Waals surface area contributed by atoms with Gasteiger partial charge in [-0.1, -0.05) is 64.5 Å². The molecule has 22 heavy (non-hydrogen) atoms. The molecule has 3 aromatic rings. The van der Waals surface area contributed by atoms with Gasteiger partial charge in [0.1, 0.15) is 0 Å². The van der Waals surface area contributed by atoms with Crippen molar-refractivity contribution >= 4 is 27.1 Å². The fourth-order valence-electron chi connectivity index (χ4n) is 2.58. The summed E-state index contributed by atoms with van der Waals surface area (Å²) < 4.78 is 1.08. The second-order valence-electron chi connectivity index (χ2n) is 5.12. The van der Waals surface area contributed by atoms with Gasteiger partial charge in [0.25, 0.3) is 0 Å². The molecule has 3 rings (SSSR count). The van der Waals surface area contributed by atoms with Crippen LogP contribution in [0, 0.1) is 0 Å². The Hall–Kier alpha value is -2.19. The van der Waals surface area contributed by atoms with Gasteiger partial charge in [0.2, 0.25) is 0 Å². The lowest BCUT2D eigenvalue weighted by molar-refractivity contribution is 1.30. The summed E-state index contributed by atoms with van der Waals surface area (Å²) in [6.07, 6.45) is 3.72. The van der Waals surface area contributed by atoms with E-state index in [1.807, 2.05) is 24.4 Å². The second-order valence-corrected chi connectivity index (χ2v) is 6.03. The monoisotopic (exact) mass is 349 g/mol.